The highest BCUT2D eigenvalue weighted by atomic mass is 79.9. The maximum atomic E-state index is 12.7. The van der Waals surface area contributed by atoms with Crippen LogP contribution < -0.4 is 5.32 Å². The van der Waals surface area contributed by atoms with Gasteiger partial charge in [-0.25, -0.2) is 0 Å². The zero-order valence-corrected chi connectivity index (χ0v) is 14.2. The number of benzene rings is 1. The summed E-state index contributed by atoms with van der Waals surface area (Å²) in [5, 5.41) is 4.04. The first-order valence-electron chi connectivity index (χ1n) is 7.81. The van der Waals surface area contributed by atoms with E-state index in [0.29, 0.717) is 10.6 Å². The van der Waals surface area contributed by atoms with Crippen molar-refractivity contribution in [3.05, 3.63) is 33.3 Å². The lowest BCUT2D eigenvalue weighted by molar-refractivity contribution is -0.0167. The Bertz CT molecular complexity index is 565. The number of carbonyl (C=O) groups excluding carboxylic acids is 1. The van der Waals surface area contributed by atoms with Gasteiger partial charge in [-0.15, -0.1) is 0 Å². The molecule has 4 aliphatic rings. The van der Waals surface area contributed by atoms with Gasteiger partial charge in [0.1, 0.15) is 0 Å². The second kappa shape index (κ2) is 4.99. The van der Waals surface area contributed by atoms with Gasteiger partial charge >= 0.3 is 0 Å². The van der Waals surface area contributed by atoms with Crippen molar-refractivity contribution in [3.63, 3.8) is 0 Å². The largest absolute Gasteiger partial charge is 0.347 e. The van der Waals surface area contributed by atoms with Gasteiger partial charge in [-0.2, -0.15) is 0 Å². The minimum absolute atomic E-state index is 0.0421. The SMILES string of the molecule is O=C(NC12CC3CC(CC(C3)C1)C2)c1ccc(Cl)cc1Br. The highest BCUT2D eigenvalue weighted by Gasteiger charge is 2.51. The number of hydrogen-bond donors (Lipinski definition) is 1. The van der Waals surface area contributed by atoms with Crippen molar-refractivity contribution in [3.8, 4) is 0 Å². The van der Waals surface area contributed by atoms with Gasteiger partial charge in [-0.1, -0.05) is 11.6 Å². The third-order valence-electron chi connectivity index (χ3n) is 5.59. The molecule has 1 aromatic rings. The second-order valence-corrected chi connectivity index (χ2v) is 8.57. The molecule has 4 bridgehead atoms. The summed E-state index contributed by atoms with van der Waals surface area (Å²) in [5.41, 5.74) is 0.750. The van der Waals surface area contributed by atoms with E-state index < -0.39 is 0 Å². The van der Waals surface area contributed by atoms with Crippen molar-refractivity contribution >= 4 is 33.4 Å². The fraction of sp³-hybridized carbons (Fsp3) is 0.588. The van der Waals surface area contributed by atoms with Crippen LogP contribution in [-0.4, -0.2) is 11.4 Å². The van der Waals surface area contributed by atoms with Crippen LogP contribution in [0.3, 0.4) is 0 Å². The summed E-state index contributed by atoms with van der Waals surface area (Å²) >= 11 is 9.41. The van der Waals surface area contributed by atoms with E-state index in [9.17, 15) is 4.79 Å². The number of carbonyl (C=O) groups is 1. The zero-order chi connectivity index (χ0) is 14.6. The van der Waals surface area contributed by atoms with E-state index in [1.54, 1.807) is 12.1 Å². The van der Waals surface area contributed by atoms with Crippen molar-refractivity contribution in [1.82, 2.24) is 5.32 Å². The van der Waals surface area contributed by atoms with E-state index in [2.05, 4.69) is 21.2 Å². The molecule has 2 nitrogen and oxygen atoms in total. The van der Waals surface area contributed by atoms with Gasteiger partial charge in [0.15, 0.2) is 0 Å². The normalized spacial score (nSPS) is 36.8. The molecule has 1 amide bonds. The topological polar surface area (TPSA) is 29.1 Å². The molecule has 0 saturated heterocycles. The van der Waals surface area contributed by atoms with Crippen molar-refractivity contribution in [1.29, 1.82) is 0 Å². The molecular weight excluding hydrogens is 350 g/mol. The monoisotopic (exact) mass is 367 g/mol. The van der Waals surface area contributed by atoms with E-state index in [4.69, 9.17) is 11.6 Å². The Morgan fingerprint density at radius 1 is 1.14 bits per heavy atom. The first-order valence-corrected chi connectivity index (χ1v) is 8.98. The summed E-state index contributed by atoms with van der Waals surface area (Å²) in [5.74, 6) is 2.56. The van der Waals surface area contributed by atoms with Crippen LogP contribution in [0.1, 0.15) is 48.9 Å². The zero-order valence-electron chi connectivity index (χ0n) is 11.9. The second-order valence-electron chi connectivity index (χ2n) is 7.28. The first kappa shape index (κ1) is 14.1. The molecule has 21 heavy (non-hydrogen) atoms. The molecule has 0 unspecified atom stereocenters. The molecule has 4 fully saturated rings. The van der Waals surface area contributed by atoms with Crippen LogP contribution in [-0.2, 0) is 0 Å². The van der Waals surface area contributed by atoms with Crippen molar-refractivity contribution < 1.29 is 4.79 Å². The minimum atomic E-state index is 0.0421. The Kier molecular flexibility index (Phi) is 3.34. The van der Waals surface area contributed by atoms with E-state index in [1.165, 1.54) is 38.5 Å². The third-order valence-corrected chi connectivity index (χ3v) is 6.48. The van der Waals surface area contributed by atoms with Gasteiger partial charge in [0.25, 0.3) is 5.91 Å². The van der Waals surface area contributed by atoms with Gasteiger partial charge in [-0.05, 0) is 90.4 Å². The third kappa shape index (κ3) is 2.53. The number of nitrogens with one attached hydrogen (secondary N) is 1. The predicted molar refractivity (Wildman–Crippen MR) is 87.5 cm³/mol. The lowest BCUT2D eigenvalue weighted by Gasteiger charge is -2.56. The van der Waals surface area contributed by atoms with E-state index >= 15 is 0 Å². The molecule has 1 N–H and O–H groups in total. The fourth-order valence-corrected chi connectivity index (χ4v) is 6.11. The molecule has 0 atom stereocenters. The van der Waals surface area contributed by atoms with E-state index in [0.717, 1.165) is 22.2 Å². The number of amides is 1. The average Bonchev–Trinajstić information content (AvgIpc) is 2.35. The van der Waals surface area contributed by atoms with Gasteiger partial charge in [0, 0.05) is 15.0 Å². The Morgan fingerprint density at radius 3 is 2.24 bits per heavy atom. The first-order chi connectivity index (χ1) is 10.0. The van der Waals surface area contributed by atoms with Gasteiger partial charge < -0.3 is 5.32 Å². The fourth-order valence-electron chi connectivity index (χ4n) is 5.25. The smallest absolute Gasteiger partial charge is 0.252 e. The van der Waals surface area contributed by atoms with Crippen LogP contribution in [0.25, 0.3) is 0 Å². The van der Waals surface area contributed by atoms with Gasteiger partial charge in [0.2, 0.25) is 0 Å². The Morgan fingerprint density at radius 2 is 1.71 bits per heavy atom. The van der Waals surface area contributed by atoms with Gasteiger partial charge in [0.05, 0.1) is 5.56 Å². The summed E-state index contributed by atoms with van der Waals surface area (Å²) in [6.45, 7) is 0. The standard InChI is InChI=1S/C17H19BrClNO/c18-15-6-13(19)1-2-14(15)16(21)20-17-7-10-3-11(8-17)5-12(4-10)9-17/h1-2,6,10-12H,3-5,7-9H2,(H,20,21). The highest BCUT2D eigenvalue weighted by molar-refractivity contribution is 9.10. The molecule has 4 aliphatic carbocycles. The molecule has 1 aromatic carbocycles. The van der Waals surface area contributed by atoms with Crippen LogP contribution in [0.15, 0.2) is 22.7 Å². The van der Waals surface area contributed by atoms with Crippen LogP contribution in [0.2, 0.25) is 5.02 Å². The molecule has 112 valence electrons. The van der Waals surface area contributed by atoms with Crippen molar-refractivity contribution in [2.75, 3.05) is 0 Å². The van der Waals surface area contributed by atoms with E-state index in [-0.39, 0.29) is 11.4 Å². The molecule has 0 spiro atoms. The molecule has 4 heteroatoms. The molecule has 0 aromatic heterocycles. The summed E-state index contributed by atoms with van der Waals surface area (Å²) in [7, 11) is 0. The van der Waals surface area contributed by atoms with Gasteiger partial charge in [-0.3, -0.25) is 4.79 Å². The summed E-state index contributed by atoms with van der Waals surface area (Å²) < 4.78 is 0.775. The maximum Gasteiger partial charge on any atom is 0.252 e. The lowest BCUT2D eigenvalue weighted by atomic mass is 9.53. The molecule has 0 radical (unpaired) electrons. The highest BCUT2D eigenvalue weighted by Crippen LogP contribution is 2.55. The van der Waals surface area contributed by atoms with Crippen LogP contribution >= 0.6 is 27.5 Å². The molecule has 4 saturated carbocycles. The predicted octanol–water partition coefficient (Wildman–Crippen LogP) is 4.80. The molecule has 5 rings (SSSR count). The minimum Gasteiger partial charge on any atom is -0.347 e. The quantitative estimate of drug-likeness (QED) is 0.798. The molecule has 0 heterocycles. The average molecular weight is 369 g/mol. The maximum absolute atomic E-state index is 12.7. The Hall–Kier alpha value is -0.540. The summed E-state index contributed by atoms with van der Waals surface area (Å²) in [6.07, 6.45) is 7.70. The summed E-state index contributed by atoms with van der Waals surface area (Å²) in [6, 6.07) is 5.37. The Balaban J connectivity index is 1.57. The van der Waals surface area contributed by atoms with Crippen molar-refractivity contribution in [2.45, 2.75) is 44.1 Å². The number of rotatable bonds is 2. The summed E-state index contributed by atoms with van der Waals surface area (Å²) in [4.78, 5) is 12.7. The lowest BCUT2D eigenvalue weighted by Crippen LogP contribution is -2.59. The van der Waals surface area contributed by atoms with Crippen LogP contribution in [0.4, 0.5) is 0 Å². The molecular formula is C17H19BrClNO. The Labute approximate surface area is 138 Å². The van der Waals surface area contributed by atoms with Crippen LogP contribution in [0, 0.1) is 17.8 Å². The number of halogens is 2. The van der Waals surface area contributed by atoms with E-state index in [1.807, 2.05) is 6.07 Å². The number of hydrogen-bond acceptors (Lipinski definition) is 1. The van der Waals surface area contributed by atoms with Crippen LogP contribution in [0.5, 0.6) is 0 Å². The van der Waals surface area contributed by atoms with Crippen molar-refractivity contribution in [2.24, 2.45) is 17.8 Å². The molecule has 0 aliphatic heterocycles.